The number of nitrogen functional groups attached to an aromatic ring is 1. The van der Waals surface area contributed by atoms with E-state index in [0.29, 0.717) is 0 Å². The number of hydrogen-bond acceptors (Lipinski definition) is 2. The molecule has 0 spiro atoms. The molecule has 2 N–H and O–H groups in total. The summed E-state index contributed by atoms with van der Waals surface area (Å²) in [5, 5.41) is 0. The zero-order chi connectivity index (χ0) is 10.1. The first kappa shape index (κ1) is 9.39. The van der Waals surface area contributed by atoms with Crippen molar-refractivity contribution < 1.29 is 13.2 Å². The molecule has 0 radical (unpaired) electrons. The Morgan fingerprint density at radius 3 is 2.38 bits per heavy atom. The van der Waals surface area contributed by atoms with Crippen LogP contribution in [-0.4, -0.2) is 4.98 Å². The molecule has 0 aliphatic heterocycles. The van der Waals surface area contributed by atoms with Crippen LogP contribution in [0.2, 0.25) is 0 Å². The minimum absolute atomic E-state index is 0.160. The summed E-state index contributed by atoms with van der Waals surface area (Å²) in [7, 11) is 0. The minimum Gasteiger partial charge on any atom is -0.383 e. The number of hydrogen-bond donors (Lipinski definition) is 1. The standard InChI is InChI=1S/C8H5F3N2/c1-2-5-3-4-6(8(9,10)11)13-7(5)12/h1,3-4H,(H2,12,13). The maximum atomic E-state index is 12.0. The molecule has 0 amide bonds. The maximum Gasteiger partial charge on any atom is 0.433 e. The smallest absolute Gasteiger partial charge is 0.383 e. The van der Waals surface area contributed by atoms with Gasteiger partial charge in [0.05, 0.1) is 5.56 Å². The van der Waals surface area contributed by atoms with Gasteiger partial charge in [0.1, 0.15) is 11.5 Å². The van der Waals surface area contributed by atoms with E-state index in [0.717, 1.165) is 12.1 Å². The Hall–Kier alpha value is -1.70. The average Bonchev–Trinajstić information content (AvgIpc) is 2.02. The van der Waals surface area contributed by atoms with Crippen LogP contribution in [0.1, 0.15) is 11.3 Å². The Bertz CT molecular complexity index is 363. The van der Waals surface area contributed by atoms with Crippen molar-refractivity contribution >= 4 is 5.82 Å². The average molecular weight is 186 g/mol. The summed E-state index contributed by atoms with van der Waals surface area (Å²) in [5.74, 6) is 1.84. The van der Waals surface area contributed by atoms with E-state index >= 15 is 0 Å². The minimum atomic E-state index is -4.48. The monoisotopic (exact) mass is 186 g/mol. The molecule has 0 atom stereocenters. The van der Waals surface area contributed by atoms with Crippen molar-refractivity contribution in [1.29, 1.82) is 0 Å². The van der Waals surface area contributed by atoms with Gasteiger partial charge in [0, 0.05) is 0 Å². The number of anilines is 1. The molecule has 68 valence electrons. The molecular formula is C8H5F3N2. The van der Waals surface area contributed by atoms with Crippen LogP contribution in [0.25, 0.3) is 0 Å². The molecule has 0 aliphatic carbocycles. The lowest BCUT2D eigenvalue weighted by Gasteiger charge is -2.06. The lowest BCUT2D eigenvalue weighted by atomic mass is 10.2. The second kappa shape index (κ2) is 2.98. The van der Waals surface area contributed by atoms with E-state index in [9.17, 15) is 13.2 Å². The van der Waals surface area contributed by atoms with Gasteiger partial charge in [-0.25, -0.2) is 4.98 Å². The van der Waals surface area contributed by atoms with Gasteiger partial charge in [0.25, 0.3) is 0 Å². The predicted molar refractivity (Wildman–Crippen MR) is 41.6 cm³/mol. The van der Waals surface area contributed by atoms with E-state index in [1.165, 1.54) is 0 Å². The van der Waals surface area contributed by atoms with E-state index in [2.05, 4.69) is 10.9 Å². The quantitative estimate of drug-likeness (QED) is 0.626. The molecule has 5 heteroatoms. The second-order valence-electron chi connectivity index (χ2n) is 2.27. The molecule has 1 aromatic rings. The molecular weight excluding hydrogens is 181 g/mol. The molecule has 0 aromatic carbocycles. The molecule has 0 saturated heterocycles. The van der Waals surface area contributed by atoms with Crippen molar-refractivity contribution in [3.63, 3.8) is 0 Å². The first-order valence-electron chi connectivity index (χ1n) is 3.25. The van der Waals surface area contributed by atoms with Crippen LogP contribution >= 0.6 is 0 Å². The van der Waals surface area contributed by atoms with Crippen molar-refractivity contribution in [3.8, 4) is 12.3 Å². The topological polar surface area (TPSA) is 38.9 Å². The summed E-state index contributed by atoms with van der Waals surface area (Å²) in [4.78, 5) is 3.13. The van der Waals surface area contributed by atoms with Gasteiger partial charge < -0.3 is 5.73 Å². The molecule has 0 aliphatic rings. The zero-order valence-electron chi connectivity index (χ0n) is 6.39. The maximum absolute atomic E-state index is 12.0. The van der Waals surface area contributed by atoms with Crippen molar-refractivity contribution in [2.45, 2.75) is 6.18 Å². The molecule has 13 heavy (non-hydrogen) atoms. The summed E-state index contributed by atoms with van der Waals surface area (Å²) >= 11 is 0. The van der Waals surface area contributed by atoms with Gasteiger partial charge in [-0.3, -0.25) is 0 Å². The summed E-state index contributed by atoms with van der Waals surface area (Å²) in [6.45, 7) is 0. The van der Waals surface area contributed by atoms with Gasteiger partial charge in [0.15, 0.2) is 0 Å². The lowest BCUT2D eigenvalue weighted by molar-refractivity contribution is -0.141. The van der Waals surface area contributed by atoms with Crippen molar-refractivity contribution in [2.75, 3.05) is 5.73 Å². The highest BCUT2D eigenvalue weighted by atomic mass is 19.4. The fraction of sp³-hybridized carbons (Fsp3) is 0.125. The third-order valence-corrected chi connectivity index (χ3v) is 1.37. The van der Waals surface area contributed by atoms with Crippen molar-refractivity contribution in [2.24, 2.45) is 0 Å². The summed E-state index contributed by atoms with van der Waals surface area (Å²) in [5.41, 5.74) is 4.30. The number of terminal acetylenes is 1. The second-order valence-corrected chi connectivity index (χ2v) is 2.27. The van der Waals surface area contributed by atoms with E-state index in [1.54, 1.807) is 0 Å². The Balaban J connectivity index is 3.20. The molecule has 0 bridgehead atoms. The Morgan fingerprint density at radius 2 is 2.00 bits per heavy atom. The Kier molecular flexibility index (Phi) is 2.15. The van der Waals surface area contributed by atoms with Crippen LogP contribution in [0.4, 0.5) is 19.0 Å². The van der Waals surface area contributed by atoms with Crippen LogP contribution in [0.15, 0.2) is 12.1 Å². The largest absolute Gasteiger partial charge is 0.433 e. The number of pyridine rings is 1. The number of alkyl halides is 3. The van der Waals surface area contributed by atoms with Crippen molar-refractivity contribution in [3.05, 3.63) is 23.4 Å². The lowest BCUT2D eigenvalue weighted by Crippen LogP contribution is -2.09. The van der Waals surface area contributed by atoms with Crippen LogP contribution < -0.4 is 5.73 Å². The van der Waals surface area contributed by atoms with Gasteiger partial charge in [-0.05, 0) is 12.1 Å². The SMILES string of the molecule is C#Cc1ccc(C(F)(F)F)nc1N. The third-order valence-electron chi connectivity index (χ3n) is 1.37. The number of aromatic nitrogens is 1. The number of nitrogens with two attached hydrogens (primary N) is 1. The van der Waals surface area contributed by atoms with E-state index in [-0.39, 0.29) is 11.4 Å². The van der Waals surface area contributed by atoms with E-state index in [4.69, 9.17) is 12.2 Å². The number of nitrogens with zero attached hydrogens (tertiary/aromatic N) is 1. The fourth-order valence-corrected chi connectivity index (χ4v) is 0.755. The van der Waals surface area contributed by atoms with Crippen LogP contribution in [-0.2, 0) is 6.18 Å². The third kappa shape index (κ3) is 1.90. The molecule has 0 fully saturated rings. The Morgan fingerprint density at radius 1 is 1.38 bits per heavy atom. The molecule has 2 nitrogen and oxygen atoms in total. The predicted octanol–water partition coefficient (Wildman–Crippen LogP) is 1.66. The highest BCUT2D eigenvalue weighted by Gasteiger charge is 2.32. The fourth-order valence-electron chi connectivity index (χ4n) is 0.755. The van der Waals surface area contributed by atoms with Gasteiger partial charge in [-0.15, -0.1) is 6.42 Å². The highest BCUT2D eigenvalue weighted by molar-refractivity contribution is 5.50. The summed E-state index contributed by atoms with van der Waals surface area (Å²) in [6, 6.07) is 1.91. The Labute approximate surface area is 72.6 Å². The first-order chi connectivity index (χ1) is 5.95. The van der Waals surface area contributed by atoms with Crippen LogP contribution in [0.5, 0.6) is 0 Å². The first-order valence-corrected chi connectivity index (χ1v) is 3.25. The van der Waals surface area contributed by atoms with Gasteiger partial charge in [-0.2, -0.15) is 13.2 Å². The number of halogens is 3. The summed E-state index contributed by atoms with van der Waals surface area (Å²) in [6.07, 6.45) is 0.474. The van der Waals surface area contributed by atoms with Gasteiger partial charge in [-0.1, -0.05) is 5.92 Å². The van der Waals surface area contributed by atoms with Crippen molar-refractivity contribution in [1.82, 2.24) is 4.98 Å². The number of rotatable bonds is 0. The normalized spacial score (nSPS) is 10.9. The van der Waals surface area contributed by atoms with Crippen LogP contribution in [0.3, 0.4) is 0 Å². The highest BCUT2D eigenvalue weighted by Crippen LogP contribution is 2.28. The summed E-state index contributed by atoms with van der Waals surface area (Å²) < 4.78 is 36.1. The molecule has 1 rings (SSSR count). The van der Waals surface area contributed by atoms with E-state index in [1.807, 2.05) is 0 Å². The van der Waals surface area contributed by atoms with E-state index < -0.39 is 11.9 Å². The zero-order valence-corrected chi connectivity index (χ0v) is 6.39. The molecule has 1 aromatic heterocycles. The molecule has 0 unspecified atom stereocenters. The van der Waals surface area contributed by atoms with Gasteiger partial charge in [0.2, 0.25) is 0 Å². The van der Waals surface area contributed by atoms with Crippen LogP contribution in [0, 0.1) is 12.3 Å². The molecule has 0 saturated carbocycles. The van der Waals surface area contributed by atoms with Gasteiger partial charge >= 0.3 is 6.18 Å². The molecule has 1 heterocycles.